The van der Waals surface area contributed by atoms with Gasteiger partial charge in [0.15, 0.2) is 6.61 Å². The smallest absolute Gasteiger partial charge is 0.265 e. The summed E-state index contributed by atoms with van der Waals surface area (Å²) in [5.41, 5.74) is 2.69. The summed E-state index contributed by atoms with van der Waals surface area (Å²) >= 11 is 0. The molecular formula is C25H26N2O4S. The molecule has 6 nitrogen and oxygen atoms in total. The Kier molecular flexibility index (Phi) is 6.19. The van der Waals surface area contributed by atoms with E-state index in [2.05, 4.69) is 0 Å². The number of hydrogen-bond acceptors (Lipinski definition) is 4. The van der Waals surface area contributed by atoms with Crippen molar-refractivity contribution < 1.29 is 17.9 Å². The predicted octanol–water partition coefficient (Wildman–Crippen LogP) is 4.26. The molecule has 0 fully saturated rings. The minimum Gasteiger partial charge on any atom is -0.484 e. The summed E-state index contributed by atoms with van der Waals surface area (Å²) in [7, 11) is -3.70. The Labute approximate surface area is 189 Å². The Morgan fingerprint density at radius 1 is 1.00 bits per heavy atom. The van der Waals surface area contributed by atoms with E-state index in [1.807, 2.05) is 37.3 Å². The molecule has 7 heteroatoms. The number of carbonyl (C=O) groups is 1. The van der Waals surface area contributed by atoms with Crippen molar-refractivity contribution >= 4 is 27.3 Å². The average Bonchev–Trinajstić information content (AvgIpc) is 3.14. The quantitative estimate of drug-likeness (QED) is 0.540. The van der Waals surface area contributed by atoms with Gasteiger partial charge in [-0.05, 0) is 68.3 Å². The summed E-state index contributed by atoms with van der Waals surface area (Å²) in [5, 5.41) is 0. The zero-order valence-corrected chi connectivity index (χ0v) is 19.0. The lowest BCUT2D eigenvalue weighted by atomic mass is 10.1. The van der Waals surface area contributed by atoms with Crippen LogP contribution in [0.4, 0.5) is 11.4 Å². The van der Waals surface area contributed by atoms with E-state index in [0.717, 1.165) is 17.7 Å². The van der Waals surface area contributed by atoms with Crippen LogP contribution in [-0.4, -0.2) is 33.5 Å². The van der Waals surface area contributed by atoms with Gasteiger partial charge >= 0.3 is 0 Å². The first-order chi connectivity index (χ1) is 15.4. The lowest BCUT2D eigenvalue weighted by molar-refractivity contribution is -0.120. The first-order valence-corrected chi connectivity index (χ1v) is 12.1. The number of amides is 1. The molecule has 0 aromatic heterocycles. The van der Waals surface area contributed by atoms with Gasteiger partial charge in [0.25, 0.3) is 15.9 Å². The Hall–Kier alpha value is -3.32. The molecule has 1 aliphatic rings. The molecule has 166 valence electrons. The highest BCUT2D eigenvalue weighted by Gasteiger charge is 2.30. The van der Waals surface area contributed by atoms with Gasteiger partial charge in [0.2, 0.25) is 0 Å². The van der Waals surface area contributed by atoms with Gasteiger partial charge in [0.1, 0.15) is 5.75 Å². The number of ether oxygens (including phenoxy) is 1. The van der Waals surface area contributed by atoms with E-state index in [-0.39, 0.29) is 23.5 Å². The van der Waals surface area contributed by atoms with Crippen LogP contribution < -0.4 is 13.9 Å². The number of fused-ring (bicyclic) bond motifs is 1. The molecule has 4 rings (SSSR count). The third kappa shape index (κ3) is 4.21. The van der Waals surface area contributed by atoms with Gasteiger partial charge in [0.05, 0.1) is 10.6 Å². The second-order valence-electron chi connectivity index (χ2n) is 7.71. The maximum absolute atomic E-state index is 13.1. The third-order valence-electron chi connectivity index (χ3n) is 5.58. The Bertz CT molecular complexity index is 1190. The van der Waals surface area contributed by atoms with E-state index >= 15 is 0 Å². The molecule has 0 N–H and O–H groups in total. The fourth-order valence-electron chi connectivity index (χ4n) is 4.08. The van der Waals surface area contributed by atoms with Crippen molar-refractivity contribution in [3.8, 4) is 5.75 Å². The molecule has 1 atom stereocenters. The van der Waals surface area contributed by atoms with Gasteiger partial charge in [0, 0.05) is 18.3 Å². The molecule has 0 saturated carbocycles. The maximum atomic E-state index is 13.1. The molecular weight excluding hydrogens is 424 g/mol. The topological polar surface area (TPSA) is 66.9 Å². The van der Waals surface area contributed by atoms with Gasteiger partial charge in [-0.1, -0.05) is 36.4 Å². The zero-order chi connectivity index (χ0) is 22.7. The third-order valence-corrected chi connectivity index (χ3v) is 7.50. The van der Waals surface area contributed by atoms with Crippen molar-refractivity contribution in [2.75, 3.05) is 22.4 Å². The number of hydrogen-bond donors (Lipinski definition) is 0. The number of rotatable bonds is 7. The molecule has 0 aliphatic carbocycles. The predicted molar refractivity (Wildman–Crippen MR) is 126 cm³/mol. The molecule has 3 aromatic rings. The Morgan fingerprint density at radius 3 is 2.34 bits per heavy atom. The fraction of sp³-hybridized carbons (Fsp3) is 0.240. The molecule has 3 aromatic carbocycles. The molecule has 0 bridgehead atoms. The van der Waals surface area contributed by atoms with Crippen LogP contribution in [0.2, 0.25) is 0 Å². The summed E-state index contributed by atoms with van der Waals surface area (Å²) in [6.45, 7) is 4.01. The number of nitrogens with zero attached hydrogens (tertiary/aromatic N) is 2. The lowest BCUT2D eigenvalue weighted by Crippen LogP contribution is -2.39. The first-order valence-electron chi connectivity index (χ1n) is 10.6. The van der Waals surface area contributed by atoms with Crippen molar-refractivity contribution in [3.05, 3.63) is 84.4 Å². The van der Waals surface area contributed by atoms with Gasteiger partial charge < -0.3 is 9.64 Å². The highest BCUT2D eigenvalue weighted by Crippen LogP contribution is 2.32. The van der Waals surface area contributed by atoms with E-state index in [1.165, 1.54) is 16.4 Å². The monoisotopic (exact) mass is 450 g/mol. The molecule has 0 saturated heterocycles. The summed E-state index contributed by atoms with van der Waals surface area (Å²) < 4.78 is 33.2. The summed E-state index contributed by atoms with van der Waals surface area (Å²) in [5.74, 6) is 0.320. The fourth-order valence-corrected chi connectivity index (χ4v) is 5.55. The summed E-state index contributed by atoms with van der Waals surface area (Å²) in [4.78, 5) is 14.7. The van der Waals surface area contributed by atoms with Crippen LogP contribution in [0.25, 0.3) is 0 Å². The molecule has 0 spiro atoms. The van der Waals surface area contributed by atoms with E-state index in [0.29, 0.717) is 18.0 Å². The summed E-state index contributed by atoms with van der Waals surface area (Å²) in [6, 6.07) is 23.1. The second kappa shape index (κ2) is 9.04. The number of anilines is 2. The Morgan fingerprint density at radius 2 is 1.66 bits per heavy atom. The number of benzene rings is 3. The molecule has 1 amide bonds. The van der Waals surface area contributed by atoms with Crippen LogP contribution >= 0.6 is 0 Å². The normalized spacial score (nSPS) is 15.3. The van der Waals surface area contributed by atoms with E-state index in [9.17, 15) is 13.2 Å². The molecule has 1 aliphatic heterocycles. The SMILES string of the molecule is CCN(c1ccccc1)S(=O)(=O)c1ccc(OCC(=O)N2c3ccccc3C[C@@H]2C)cc1. The van der Waals surface area contributed by atoms with Crippen molar-refractivity contribution in [2.45, 2.75) is 31.2 Å². The highest BCUT2D eigenvalue weighted by molar-refractivity contribution is 7.92. The number of para-hydroxylation sites is 2. The van der Waals surface area contributed by atoms with Crippen molar-refractivity contribution in [2.24, 2.45) is 0 Å². The lowest BCUT2D eigenvalue weighted by Gasteiger charge is -2.23. The zero-order valence-electron chi connectivity index (χ0n) is 18.1. The number of sulfonamides is 1. The minimum atomic E-state index is -3.70. The standard InChI is InChI=1S/C25H26N2O4S/c1-3-26(21-10-5-4-6-11-21)32(29,30)23-15-13-22(14-16-23)31-18-25(28)27-19(2)17-20-9-7-8-12-24(20)27/h4-16,19H,3,17-18H2,1-2H3/t19-/m0/s1. The van der Waals surface area contributed by atoms with Gasteiger partial charge in [-0.25, -0.2) is 8.42 Å². The summed E-state index contributed by atoms with van der Waals surface area (Å²) in [6.07, 6.45) is 0.823. The second-order valence-corrected chi connectivity index (χ2v) is 9.57. The van der Waals surface area contributed by atoms with Crippen molar-refractivity contribution in [1.82, 2.24) is 0 Å². The van der Waals surface area contributed by atoms with Crippen LogP contribution in [0.1, 0.15) is 19.4 Å². The molecule has 32 heavy (non-hydrogen) atoms. The van der Waals surface area contributed by atoms with E-state index in [1.54, 1.807) is 48.2 Å². The number of carbonyl (C=O) groups excluding carboxylic acids is 1. The van der Waals surface area contributed by atoms with Crippen molar-refractivity contribution in [3.63, 3.8) is 0 Å². The Balaban J connectivity index is 1.45. The molecule has 0 unspecified atom stereocenters. The maximum Gasteiger partial charge on any atom is 0.265 e. The van der Waals surface area contributed by atoms with Crippen LogP contribution in [-0.2, 0) is 21.2 Å². The van der Waals surface area contributed by atoms with Gasteiger partial charge in [-0.15, -0.1) is 0 Å². The van der Waals surface area contributed by atoms with E-state index in [4.69, 9.17) is 4.74 Å². The van der Waals surface area contributed by atoms with E-state index < -0.39 is 10.0 Å². The van der Waals surface area contributed by atoms with Crippen LogP contribution in [0.3, 0.4) is 0 Å². The van der Waals surface area contributed by atoms with Gasteiger partial charge in [-0.3, -0.25) is 9.10 Å². The first kappa shape index (κ1) is 21.9. The molecule has 1 heterocycles. The van der Waals surface area contributed by atoms with Crippen LogP contribution in [0.5, 0.6) is 5.75 Å². The van der Waals surface area contributed by atoms with Crippen molar-refractivity contribution in [1.29, 1.82) is 0 Å². The van der Waals surface area contributed by atoms with Crippen LogP contribution in [0, 0.1) is 0 Å². The largest absolute Gasteiger partial charge is 0.484 e. The minimum absolute atomic E-state index is 0.0778. The van der Waals surface area contributed by atoms with Gasteiger partial charge in [-0.2, -0.15) is 0 Å². The molecule has 0 radical (unpaired) electrons. The van der Waals surface area contributed by atoms with Crippen LogP contribution in [0.15, 0.2) is 83.8 Å². The highest BCUT2D eigenvalue weighted by atomic mass is 32.2. The average molecular weight is 451 g/mol.